The molecule has 92 valence electrons. The highest BCUT2D eigenvalue weighted by molar-refractivity contribution is 9.10. The van der Waals surface area contributed by atoms with Crippen LogP contribution in [0, 0.1) is 0 Å². The fourth-order valence-electron chi connectivity index (χ4n) is 1.44. The van der Waals surface area contributed by atoms with Crippen molar-refractivity contribution in [3.8, 4) is 0 Å². The van der Waals surface area contributed by atoms with Gasteiger partial charge in [0, 0.05) is 16.4 Å². The number of hydrogen-bond donors (Lipinski definition) is 2. The van der Waals surface area contributed by atoms with Gasteiger partial charge < -0.3 is 10.4 Å². The van der Waals surface area contributed by atoms with Gasteiger partial charge in [0.1, 0.15) is 0 Å². The molecule has 0 heterocycles. The van der Waals surface area contributed by atoms with Crippen LogP contribution in [0.2, 0.25) is 5.02 Å². The van der Waals surface area contributed by atoms with Crippen LogP contribution in [-0.2, 0) is 9.59 Å². The average molecular weight is 321 g/mol. The molecule has 1 aromatic carbocycles. The lowest BCUT2D eigenvalue weighted by atomic mass is 10.0. The summed E-state index contributed by atoms with van der Waals surface area (Å²) in [5, 5.41) is 11.8. The van der Waals surface area contributed by atoms with E-state index < -0.39 is 12.0 Å². The fraction of sp³-hybridized carbons (Fsp3) is 0.273. The molecular formula is C11H11BrClNO3. The van der Waals surface area contributed by atoms with E-state index in [1.165, 1.54) is 6.92 Å². The van der Waals surface area contributed by atoms with E-state index >= 15 is 0 Å². The first kappa shape index (κ1) is 14.0. The summed E-state index contributed by atoms with van der Waals surface area (Å²) in [7, 11) is 0. The van der Waals surface area contributed by atoms with Crippen molar-refractivity contribution >= 4 is 39.4 Å². The maximum Gasteiger partial charge on any atom is 0.305 e. The highest BCUT2D eigenvalue weighted by Gasteiger charge is 2.19. The summed E-state index contributed by atoms with van der Waals surface area (Å²) >= 11 is 9.28. The quantitative estimate of drug-likeness (QED) is 0.896. The Hall–Kier alpha value is -1.07. The first-order valence-corrected chi connectivity index (χ1v) is 6.01. The molecule has 1 amide bonds. The van der Waals surface area contributed by atoms with Crippen LogP contribution in [-0.4, -0.2) is 17.0 Å². The smallest absolute Gasteiger partial charge is 0.305 e. The Kier molecular flexibility index (Phi) is 4.96. The molecule has 2 N–H and O–H groups in total. The van der Waals surface area contributed by atoms with Crippen molar-refractivity contribution < 1.29 is 14.7 Å². The average Bonchev–Trinajstić information content (AvgIpc) is 2.14. The zero-order valence-corrected chi connectivity index (χ0v) is 11.4. The molecule has 0 radical (unpaired) electrons. The standard InChI is InChI=1S/C11H11BrClNO3/c1-6(15)14-10(5-11(16)17)8-3-2-7(12)4-9(8)13/h2-4,10H,5H2,1H3,(H,14,15)(H,16,17)/t10-/m0/s1. The molecule has 1 atom stereocenters. The van der Waals surface area contributed by atoms with Crippen LogP contribution in [0.25, 0.3) is 0 Å². The van der Waals surface area contributed by atoms with Crippen molar-refractivity contribution in [2.45, 2.75) is 19.4 Å². The Balaban J connectivity index is 3.02. The van der Waals surface area contributed by atoms with E-state index in [1.54, 1.807) is 18.2 Å². The molecule has 0 spiro atoms. The van der Waals surface area contributed by atoms with Crippen molar-refractivity contribution in [1.82, 2.24) is 5.32 Å². The summed E-state index contributed by atoms with van der Waals surface area (Å²) in [5.74, 6) is -1.29. The summed E-state index contributed by atoms with van der Waals surface area (Å²) in [6.45, 7) is 1.33. The van der Waals surface area contributed by atoms with Gasteiger partial charge in [-0.1, -0.05) is 33.6 Å². The van der Waals surface area contributed by atoms with E-state index in [-0.39, 0.29) is 12.3 Å². The Bertz CT molecular complexity index is 434. The highest BCUT2D eigenvalue weighted by Crippen LogP contribution is 2.28. The van der Waals surface area contributed by atoms with E-state index in [9.17, 15) is 9.59 Å². The molecule has 0 aliphatic heterocycles. The molecule has 0 saturated heterocycles. The van der Waals surface area contributed by atoms with Gasteiger partial charge in [-0.15, -0.1) is 0 Å². The Labute approximate surface area is 112 Å². The van der Waals surface area contributed by atoms with Crippen molar-refractivity contribution in [2.24, 2.45) is 0 Å². The van der Waals surface area contributed by atoms with Gasteiger partial charge in [-0.25, -0.2) is 0 Å². The van der Waals surface area contributed by atoms with Gasteiger partial charge in [0.15, 0.2) is 0 Å². The first-order valence-electron chi connectivity index (χ1n) is 4.84. The molecule has 4 nitrogen and oxygen atoms in total. The number of aliphatic carboxylic acids is 1. The number of rotatable bonds is 4. The van der Waals surface area contributed by atoms with Crippen molar-refractivity contribution in [3.63, 3.8) is 0 Å². The van der Waals surface area contributed by atoms with Crippen LogP contribution in [0.15, 0.2) is 22.7 Å². The van der Waals surface area contributed by atoms with Crippen molar-refractivity contribution in [3.05, 3.63) is 33.3 Å². The summed E-state index contributed by atoms with van der Waals surface area (Å²) < 4.78 is 0.795. The molecule has 0 aliphatic carbocycles. The van der Waals surface area contributed by atoms with Crippen LogP contribution in [0.4, 0.5) is 0 Å². The topological polar surface area (TPSA) is 66.4 Å². The maximum absolute atomic E-state index is 11.0. The normalized spacial score (nSPS) is 11.9. The van der Waals surface area contributed by atoms with E-state index in [4.69, 9.17) is 16.7 Å². The molecule has 6 heteroatoms. The minimum absolute atomic E-state index is 0.207. The minimum Gasteiger partial charge on any atom is -0.481 e. The second-order valence-electron chi connectivity index (χ2n) is 3.52. The van der Waals surface area contributed by atoms with Gasteiger partial charge in [0.05, 0.1) is 12.5 Å². The summed E-state index contributed by atoms with van der Waals surface area (Å²) in [4.78, 5) is 21.8. The Morgan fingerprint density at radius 2 is 2.18 bits per heavy atom. The molecule has 17 heavy (non-hydrogen) atoms. The van der Waals surface area contributed by atoms with E-state index in [0.717, 1.165) is 4.47 Å². The number of carbonyl (C=O) groups excluding carboxylic acids is 1. The van der Waals surface area contributed by atoms with Gasteiger partial charge in [0.25, 0.3) is 0 Å². The summed E-state index contributed by atoms with van der Waals surface area (Å²) in [5.41, 5.74) is 0.590. The van der Waals surface area contributed by atoms with Gasteiger partial charge in [-0.2, -0.15) is 0 Å². The SMILES string of the molecule is CC(=O)N[C@@H](CC(=O)O)c1ccc(Br)cc1Cl. The lowest BCUT2D eigenvalue weighted by molar-refractivity contribution is -0.137. The lowest BCUT2D eigenvalue weighted by Gasteiger charge is -2.17. The number of nitrogens with one attached hydrogen (secondary N) is 1. The van der Waals surface area contributed by atoms with Crippen LogP contribution in [0.3, 0.4) is 0 Å². The van der Waals surface area contributed by atoms with Crippen LogP contribution < -0.4 is 5.32 Å². The lowest BCUT2D eigenvalue weighted by Crippen LogP contribution is -2.28. The van der Waals surface area contributed by atoms with E-state index in [1.807, 2.05) is 0 Å². The third-order valence-electron chi connectivity index (χ3n) is 2.09. The van der Waals surface area contributed by atoms with Crippen molar-refractivity contribution in [1.29, 1.82) is 0 Å². The van der Waals surface area contributed by atoms with Gasteiger partial charge in [-0.3, -0.25) is 9.59 Å². The van der Waals surface area contributed by atoms with Gasteiger partial charge >= 0.3 is 5.97 Å². The second kappa shape index (κ2) is 6.02. The van der Waals surface area contributed by atoms with E-state index in [0.29, 0.717) is 10.6 Å². The monoisotopic (exact) mass is 319 g/mol. The molecule has 0 aliphatic rings. The van der Waals surface area contributed by atoms with Crippen LogP contribution >= 0.6 is 27.5 Å². The molecular weight excluding hydrogens is 309 g/mol. The highest BCUT2D eigenvalue weighted by atomic mass is 79.9. The number of carbonyl (C=O) groups is 2. The molecule has 0 bridgehead atoms. The number of amides is 1. The van der Waals surface area contributed by atoms with Crippen molar-refractivity contribution in [2.75, 3.05) is 0 Å². The summed E-state index contributed by atoms with van der Waals surface area (Å²) in [6, 6.07) is 4.48. The fourth-order valence-corrected chi connectivity index (χ4v) is 2.25. The molecule has 1 aromatic rings. The largest absolute Gasteiger partial charge is 0.481 e. The molecule has 0 saturated carbocycles. The molecule has 1 rings (SSSR count). The third-order valence-corrected chi connectivity index (χ3v) is 2.91. The Morgan fingerprint density at radius 3 is 2.65 bits per heavy atom. The number of halogens is 2. The molecule has 0 fully saturated rings. The van der Waals surface area contributed by atoms with Crippen LogP contribution in [0.5, 0.6) is 0 Å². The van der Waals surface area contributed by atoms with Gasteiger partial charge in [-0.05, 0) is 17.7 Å². The minimum atomic E-state index is -0.997. The number of carboxylic acid groups (broad SMARTS) is 1. The third kappa shape index (κ3) is 4.36. The maximum atomic E-state index is 11.0. The zero-order chi connectivity index (χ0) is 13.0. The molecule has 0 aromatic heterocycles. The number of benzene rings is 1. The molecule has 0 unspecified atom stereocenters. The Morgan fingerprint density at radius 1 is 1.53 bits per heavy atom. The number of carboxylic acids is 1. The van der Waals surface area contributed by atoms with Crippen LogP contribution in [0.1, 0.15) is 24.9 Å². The van der Waals surface area contributed by atoms with Gasteiger partial charge in [0.2, 0.25) is 5.91 Å². The second-order valence-corrected chi connectivity index (χ2v) is 4.84. The zero-order valence-electron chi connectivity index (χ0n) is 9.04. The predicted molar refractivity (Wildman–Crippen MR) is 68.0 cm³/mol. The van der Waals surface area contributed by atoms with E-state index in [2.05, 4.69) is 21.2 Å². The number of hydrogen-bond acceptors (Lipinski definition) is 2. The summed E-state index contributed by atoms with van der Waals surface area (Å²) in [6.07, 6.45) is -0.207. The predicted octanol–water partition coefficient (Wildman–Crippen LogP) is 2.75. The first-order chi connectivity index (χ1) is 7.90.